The number of hydrogen-bond acceptors (Lipinski definition) is 2. The van der Waals surface area contributed by atoms with E-state index in [4.69, 9.17) is 0 Å². The fourth-order valence-electron chi connectivity index (χ4n) is 2.32. The summed E-state index contributed by atoms with van der Waals surface area (Å²) in [4.78, 5) is 11.4. The van der Waals surface area contributed by atoms with Crippen molar-refractivity contribution < 1.29 is 4.79 Å². The van der Waals surface area contributed by atoms with Gasteiger partial charge in [0.25, 0.3) is 0 Å². The molecule has 0 aromatic heterocycles. The fourth-order valence-corrected chi connectivity index (χ4v) is 2.32. The van der Waals surface area contributed by atoms with Crippen molar-refractivity contribution in [1.29, 1.82) is 0 Å². The van der Waals surface area contributed by atoms with Crippen LogP contribution in [0.1, 0.15) is 15.9 Å². The largest absolute Gasteiger partial charge is 0.355 e. The molecule has 0 unspecified atom stereocenters. The Bertz CT molecular complexity index is 760. The second kappa shape index (κ2) is 5.17. The number of rotatable bonds is 3. The van der Waals surface area contributed by atoms with E-state index in [0.717, 1.165) is 28.4 Å². The zero-order chi connectivity index (χ0) is 13.9. The Labute approximate surface area is 118 Å². The van der Waals surface area contributed by atoms with E-state index in [9.17, 15) is 4.79 Å². The van der Waals surface area contributed by atoms with Crippen LogP contribution in [0.5, 0.6) is 0 Å². The lowest BCUT2D eigenvalue weighted by Gasteiger charge is -2.11. The average molecular weight is 261 g/mol. The van der Waals surface area contributed by atoms with Gasteiger partial charge in [-0.15, -0.1) is 0 Å². The third-order valence-corrected chi connectivity index (χ3v) is 3.42. The predicted molar refractivity (Wildman–Crippen MR) is 83.8 cm³/mol. The van der Waals surface area contributed by atoms with Gasteiger partial charge in [-0.2, -0.15) is 0 Å². The summed E-state index contributed by atoms with van der Waals surface area (Å²) in [6.45, 7) is 2.05. The highest BCUT2D eigenvalue weighted by atomic mass is 16.1. The van der Waals surface area contributed by atoms with E-state index in [1.165, 1.54) is 5.56 Å². The topological polar surface area (TPSA) is 29.1 Å². The number of benzene rings is 3. The highest BCUT2D eigenvalue weighted by Gasteiger charge is 2.06. The third-order valence-electron chi connectivity index (χ3n) is 3.42. The first-order valence-electron chi connectivity index (χ1n) is 6.58. The number of carbonyl (C=O) groups excluding carboxylic acids is 1. The van der Waals surface area contributed by atoms with Crippen molar-refractivity contribution >= 4 is 28.4 Å². The normalized spacial score (nSPS) is 10.4. The molecule has 2 nitrogen and oxygen atoms in total. The van der Waals surface area contributed by atoms with Crippen LogP contribution in [0.25, 0.3) is 10.8 Å². The fraction of sp³-hybridized carbons (Fsp3) is 0.0556. The summed E-state index contributed by atoms with van der Waals surface area (Å²) in [5.74, 6) is 0. The molecule has 0 heterocycles. The second-order valence-corrected chi connectivity index (χ2v) is 4.86. The Balaban J connectivity index is 2.07. The molecule has 3 aromatic rings. The maximum Gasteiger partial charge on any atom is 0.152 e. The van der Waals surface area contributed by atoms with Gasteiger partial charge in [-0.3, -0.25) is 4.79 Å². The van der Waals surface area contributed by atoms with Crippen LogP contribution in [-0.2, 0) is 0 Å². The smallest absolute Gasteiger partial charge is 0.152 e. The van der Waals surface area contributed by atoms with Crippen molar-refractivity contribution in [3.63, 3.8) is 0 Å². The lowest BCUT2D eigenvalue weighted by Crippen LogP contribution is -1.96. The summed E-state index contributed by atoms with van der Waals surface area (Å²) in [7, 11) is 0. The summed E-state index contributed by atoms with van der Waals surface area (Å²) in [5.41, 5.74) is 3.73. The number of anilines is 2. The molecule has 0 saturated heterocycles. The summed E-state index contributed by atoms with van der Waals surface area (Å²) in [6.07, 6.45) is 0.916. The first kappa shape index (κ1) is 12.4. The van der Waals surface area contributed by atoms with Crippen LogP contribution in [0, 0.1) is 6.92 Å². The molecule has 0 spiro atoms. The average Bonchev–Trinajstić information content (AvgIpc) is 2.49. The predicted octanol–water partition coefficient (Wildman–Crippen LogP) is 4.70. The van der Waals surface area contributed by atoms with Gasteiger partial charge in [0.2, 0.25) is 0 Å². The van der Waals surface area contributed by atoms with Crippen LogP contribution < -0.4 is 5.32 Å². The van der Waals surface area contributed by atoms with Gasteiger partial charge in [0.1, 0.15) is 0 Å². The van der Waals surface area contributed by atoms with Gasteiger partial charge in [-0.25, -0.2) is 0 Å². The molecule has 0 atom stereocenters. The molecule has 0 radical (unpaired) electrons. The monoisotopic (exact) mass is 261 g/mol. The highest BCUT2D eigenvalue weighted by Crippen LogP contribution is 2.27. The number of hydrogen-bond donors (Lipinski definition) is 1. The van der Waals surface area contributed by atoms with E-state index in [1.54, 1.807) is 0 Å². The quantitative estimate of drug-likeness (QED) is 0.692. The zero-order valence-corrected chi connectivity index (χ0v) is 11.3. The minimum absolute atomic E-state index is 0.698. The van der Waals surface area contributed by atoms with E-state index in [1.807, 2.05) is 60.7 Å². The van der Waals surface area contributed by atoms with E-state index in [2.05, 4.69) is 12.2 Å². The molecule has 3 aromatic carbocycles. The maximum absolute atomic E-state index is 11.4. The van der Waals surface area contributed by atoms with E-state index >= 15 is 0 Å². The molecule has 0 aliphatic rings. The number of aldehydes is 1. The van der Waals surface area contributed by atoms with E-state index in [0.29, 0.717) is 5.56 Å². The van der Waals surface area contributed by atoms with Crippen LogP contribution >= 0.6 is 0 Å². The molecule has 1 N–H and O–H groups in total. The lowest BCUT2D eigenvalue weighted by molar-refractivity contribution is 0.112. The minimum atomic E-state index is 0.698. The van der Waals surface area contributed by atoms with Crippen LogP contribution in [0.15, 0.2) is 60.7 Å². The molecule has 0 bridgehead atoms. The SMILES string of the molecule is Cc1ccc(Nc2ccc3ccccc3c2C=O)cc1. The van der Waals surface area contributed by atoms with Crippen molar-refractivity contribution in [2.24, 2.45) is 0 Å². The molecular formula is C18H15NO. The Morgan fingerprint density at radius 2 is 1.65 bits per heavy atom. The van der Waals surface area contributed by atoms with Gasteiger partial charge in [-0.1, -0.05) is 48.0 Å². The Morgan fingerprint density at radius 3 is 2.40 bits per heavy atom. The van der Waals surface area contributed by atoms with E-state index in [-0.39, 0.29) is 0 Å². The van der Waals surface area contributed by atoms with Crippen LogP contribution in [-0.4, -0.2) is 6.29 Å². The lowest BCUT2D eigenvalue weighted by atomic mass is 10.0. The van der Waals surface area contributed by atoms with Gasteiger partial charge >= 0.3 is 0 Å². The molecule has 2 heteroatoms. The third kappa shape index (κ3) is 2.28. The van der Waals surface area contributed by atoms with Crippen molar-refractivity contribution in [3.8, 4) is 0 Å². The zero-order valence-electron chi connectivity index (χ0n) is 11.3. The molecule has 0 saturated carbocycles. The molecule has 0 fully saturated rings. The Hall–Kier alpha value is -2.61. The molecule has 20 heavy (non-hydrogen) atoms. The van der Waals surface area contributed by atoms with Crippen LogP contribution in [0.3, 0.4) is 0 Å². The number of carbonyl (C=O) groups is 1. The van der Waals surface area contributed by atoms with Gasteiger partial charge in [-0.05, 0) is 35.9 Å². The second-order valence-electron chi connectivity index (χ2n) is 4.86. The first-order chi connectivity index (χ1) is 9.78. The van der Waals surface area contributed by atoms with Crippen molar-refractivity contribution in [2.75, 3.05) is 5.32 Å². The van der Waals surface area contributed by atoms with Gasteiger partial charge < -0.3 is 5.32 Å². The number of nitrogens with one attached hydrogen (secondary N) is 1. The van der Waals surface area contributed by atoms with Crippen LogP contribution in [0.4, 0.5) is 11.4 Å². The molecule has 3 rings (SSSR count). The maximum atomic E-state index is 11.4. The van der Waals surface area contributed by atoms with Crippen molar-refractivity contribution in [2.45, 2.75) is 6.92 Å². The molecule has 98 valence electrons. The molecule has 0 amide bonds. The van der Waals surface area contributed by atoms with E-state index < -0.39 is 0 Å². The Kier molecular flexibility index (Phi) is 3.21. The van der Waals surface area contributed by atoms with Crippen molar-refractivity contribution in [1.82, 2.24) is 0 Å². The molecule has 0 aliphatic carbocycles. The standard InChI is InChI=1S/C18H15NO/c1-13-6-9-15(10-7-13)19-18-11-8-14-4-2-3-5-16(14)17(18)12-20/h2-12,19H,1H3. The highest BCUT2D eigenvalue weighted by molar-refractivity contribution is 6.04. The molecular weight excluding hydrogens is 246 g/mol. The summed E-state index contributed by atoms with van der Waals surface area (Å²) in [6, 6.07) is 20.0. The van der Waals surface area contributed by atoms with Crippen LogP contribution in [0.2, 0.25) is 0 Å². The number of fused-ring (bicyclic) bond motifs is 1. The molecule has 0 aliphatic heterocycles. The van der Waals surface area contributed by atoms with Gasteiger partial charge in [0.05, 0.1) is 0 Å². The number of aryl methyl sites for hydroxylation is 1. The first-order valence-corrected chi connectivity index (χ1v) is 6.58. The Morgan fingerprint density at radius 1 is 0.900 bits per heavy atom. The summed E-state index contributed by atoms with van der Waals surface area (Å²) >= 11 is 0. The van der Waals surface area contributed by atoms with Gasteiger partial charge in [0.15, 0.2) is 6.29 Å². The van der Waals surface area contributed by atoms with Crippen molar-refractivity contribution in [3.05, 3.63) is 71.8 Å². The van der Waals surface area contributed by atoms with Gasteiger partial charge in [0, 0.05) is 16.9 Å². The summed E-state index contributed by atoms with van der Waals surface area (Å²) in [5, 5.41) is 5.36. The summed E-state index contributed by atoms with van der Waals surface area (Å²) < 4.78 is 0. The minimum Gasteiger partial charge on any atom is -0.355 e.